The van der Waals surface area contributed by atoms with Crippen molar-refractivity contribution < 1.29 is 33.4 Å². The summed E-state index contributed by atoms with van der Waals surface area (Å²) in [4.78, 5) is 27.9. The molecule has 3 aromatic rings. The van der Waals surface area contributed by atoms with Gasteiger partial charge < -0.3 is 23.8 Å². The first-order chi connectivity index (χ1) is 18.7. The van der Waals surface area contributed by atoms with Gasteiger partial charge in [0, 0.05) is 11.6 Å². The lowest BCUT2D eigenvalue weighted by Crippen LogP contribution is -2.29. The third-order valence-corrected chi connectivity index (χ3v) is 6.36. The van der Waals surface area contributed by atoms with Crippen molar-refractivity contribution in [3.8, 4) is 17.2 Å². The Hall–Kier alpha value is -4.27. The normalized spacial score (nSPS) is 16.7. The summed E-state index contributed by atoms with van der Waals surface area (Å²) in [5, 5.41) is 15.3. The number of carbonyl (C=O) groups is 2. The van der Waals surface area contributed by atoms with Crippen LogP contribution in [0, 0.1) is 12.8 Å². The first-order valence-electron chi connectivity index (χ1n) is 13.0. The Morgan fingerprint density at radius 3 is 2.41 bits per heavy atom. The van der Waals surface area contributed by atoms with Gasteiger partial charge in [-0.15, -0.1) is 0 Å². The lowest BCUT2D eigenvalue weighted by Gasteiger charge is -2.24. The molecule has 206 valence electrons. The predicted molar refractivity (Wildman–Crippen MR) is 146 cm³/mol. The van der Waals surface area contributed by atoms with E-state index in [1.165, 1.54) is 12.0 Å². The van der Waals surface area contributed by atoms with Crippen molar-refractivity contribution in [2.75, 3.05) is 25.2 Å². The number of benzene rings is 2. The highest BCUT2D eigenvalue weighted by Gasteiger charge is 2.48. The summed E-state index contributed by atoms with van der Waals surface area (Å²) < 4.78 is 22.3. The van der Waals surface area contributed by atoms with E-state index in [2.05, 4.69) is 19.0 Å². The molecule has 0 aliphatic carbocycles. The highest BCUT2D eigenvalue weighted by Crippen LogP contribution is 2.44. The molecule has 0 bridgehead atoms. The van der Waals surface area contributed by atoms with Gasteiger partial charge in [-0.25, -0.2) is 0 Å². The van der Waals surface area contributed by atoms with E-state index in [0.29, 0.717) is 53.3 Å². The lowest BCUT2D eigenvalue weighted by molar-refractivity contribution is -0.132. The summed E-state index contributed by atoms with van der Waals surface area (Å²) in [7, 11) is 1.52. The molecule has 1 saturated heterocycles. The van der Waals surface area contributed by atoms with Crippen LogP contribution < -0.4 is 19.1 Å². The smallest absolute Gasteiger partial charge is 0.301 e. The maximum absolute atomic E-state index is 13.4. The van der Waals surface area contributed by atoms with E-state index in [0.717, 1.165) is 12.8 Å². The first kappa shape index (κ1) is 27.8. The Morgan fingerprint density at radius 1 is 1.05 bits per heavy atom. The number of aryl methyl sites for hydroxylation is 1. The van der Waals surface area contributed by atoms with Gasteiger partial charge in [0.2, 0.25) is 0 Å². The predicted octanol–water partition coefficient (Wildman–Crippen LogP) is 5.83. The second kappa shape index (κ2) is 12.1. The molecule has 1 aromatic heterocycles. The van der Waals surface area contributed by atoms with Crippen molar-refractivity contribution in [2.45, 2.75) is 46.6 Å². The summed E-state index contributed by atoms with van der Waals surface area (Å²) in [6, 6.07) is 12.5. The zero-order chi connectivity index (χ0) is 28.1. The SMILES string of the molecule is CCCOc1ccc(C(O)=C2C(=O)C(=O)N(c3cc(C)on3)C2c2ccc(OCCC(C)C)c(OC)c2)cc1. The van der Waals surface area contributed by atoms with Crippen LogP contribution in [-0.2, 0) is 9.59 Å². The number of methoxy groups -OCH3 is 1. The van der Waals surface area contributed by atoms with Crippen molar-refractivity contribution in [1.82, 2.24) is 5.16 Å². The third-order valence-electron chi connectivity index (χ3n) is 6.36. The number of ketones is 1. The largest absolute Gasteiger partial charge is 0.507 e. The molecule has 0 radical (unpaired) electrons. The molecule has 39 heavy (non-hydrogen) atoms. The number of ether oxygens (including phenoxy) is 3. The van der Waals surface area contributed by atoms with Crippen LogP contribution in [0.3, 0.4) is 0 Å². The molecule has 0 spiro atoms. The average molecular weight is 535 g/mol. The van der Waals surface area contributed by atoms with Gasteiger partial charge in [-0.2, -0.15) is 0 Å². The molecule has 4 rings (SSSR count). The molecule has 0 saturated carbocycles. The molecule has 1 fully saturated rings. The Bertz CT molecular complexity index is 1360. The quantitative estimate of drug-likeness (QED) is 0.186. The van der Waals surface area contributed by atoms with E-state index in [1.54, 1.807) is 55.5 Å². The van der Waals surface area contributed by atoms with Gasteiger partial charge in [0.25, 0.3) is 5.78 Å². The second-order valence-electron chi connectivity index (χ2n) is 9.78. The zero-order valence-electron chi connectivity index (χ0n) is 22.9. The summed E-state index contributed by atoms with van der Waals surface area (Å²) in [6.07, 6.45) is 1.73. The first-order valence-corrected chi connectivity index (χ1v) is 13.0. The van der Waals surface area contributed by atoms with Gasteiger partial charge in [-0.05, 0) is 67.6 Å². The fraction of sp³-hybridized carbons (Fsp3) is 0.367. The minimum atomic E-state index is -0.982. The number of Topliss-reactive ketones (excluding diaryl/α,β-unsaturated/α-hetero) is 1. The maximum Gasteiger partial charge on any atom is 0.301 e. The molecule has 1 amide bonds. The van der Waals surface area contributed by atoms with Crippen molar-refractivity contribution in [3.05, 3.63) is 71.0 Å². The molecule has 1 unspecified atom stereocenters. The van der Waals surface area contributed by atoms with E-state index in [-0.39, 0.29) is 17.2 Å². The zero-order valence-corrected chi connectivity index (χ0v) is 22.9. The highest BCUT2D eigenvalue weighted by molar-refractivity contribution is 6.51. The fourth-order valence-electron chi connectivity index (χ4n) is 4.31. The highest BCUT2D eigenvalue weighted by atomic mass is 16.5. The number of rotatable bonds is 11. The van der Waals surface area contributed by atoms with Gasteiger partial charge >= 0.3 is 5.91 Å². The number of hydrogen-bond donors (Lipinski definition) is 1. The van der Waals surface area contributed by atoms with E-state index < -0.39 is 17.7 Å². The Balaban J connectivity index is 1.80. The van der Waals surface area contributed by atoms with Crippen LogP contribution in [0.2, 0.25) is 0 Å². The average Bonchev–Trinajstić information content (AvgIpc) is 3.47. The summed E-state index contributed by atoms with van der Waals surface area (Å²) in [6.45, 7) is 9.01. The molecule has 9 nitrogen and oxygen atoms in total. The van der Waals surface area contributed by atoms with Crippen molar-refractivity contribution in [3.63, 3.8) is 0 Å². The standard InChI is InChI=1S/C30H34N2O7/c1-6-14-37-22-10-7-20(8-11-22)28(33)26-27(32(30(35)29(26)34)25-16-19(4)39-31-25)21-9-12-23(24(17-21)36-5)38-15-13-18(2)3/h7-12,16-18,27,33H,6,13-15H2,1-5H3. The van der Waals surface area contributed by atoms with Crippen LogP contribution in [0.5, 0.6) is 17.2 Å². The summed E-state index contributed by atoms with van der Waals surface area (Å²) in [5.41, 5.74) is 0.838. The van der Waals surface area contributed by atoms with Crippen LogP contribution in [0.25, 0.3) is 5.76 Å². The molecule has 1 N–H and O–H groups in total. The Labute approximate surface area is 228 Å². The number of hydrogen-bond acceptors (Lipinski definition) is 8. The molecular formula is C30H34N2O7. The number of nitrogens with zero attached hydrogens (tertiary/aromatic N) is 2. The van der Waals surface area contributed by atoms with Gasteiger partial charge in [0.15, 0.2) is 17.3 Å². The Morgan fingerprint density at radius 2 is 1.79 bits per heavy atom. The number of aromatic nitrogens is 1. The molecule has 2 aromatic carbocycles. The van der Waals surface area contributed by atoms with E-state index >= 15 is 0 Å². The lowest BCUT2D eigenvalue weighted by atomic mass is 9.95. The topological polar surface area (TPSA) is 111 Å². The third kappa shape index (κ3) is 5.92. The second-order valence-corrected chi connectivity index (χ2v) is 9.78. The van der Waals surface area contributed by atoms with Crippen molar-refractivity contribution >= 4 is 23.3 Å². The van der Waals surface area contributed by atoms with Crippen molar-refractivity contribution in [1.29, 1.82) is 0 Å². The number of aliphatic hydroxyl groups is 1. The Kier molecular flexibility index (Phi) is 8.59. The van der Waals surface area contributed by atoms with Gasteiger partial charge in [0.1, 0.15) is 17.3 Å². The van der Waals surface area contributed by atoms with Crippen LogP contribution in [0.15, 0.2) is 58.6 Å². The monoisotopic (exact) mass is 534 g/mol. The summed E-state index contributed by atoms with van der Waals surface area (Å²) >= 11 is 0. The van der Waals surface area contributed by atoms with E-state index in [4.69, 9.17) is 18.7 Å². The molecule has 2 heterocycles. The van der Waals surface area contributed by atoms with Crippen molar-refractivity contribution in [2.24, 2.45) is 5.92 Å². The number of amides is 1. The number of aliphatic hydroxyl groups excluding tert-OH is 1. The number of anilines is 1. The number of carbonyl (C=O) groups excluding carboxylic acids is 2. The fourth-order valence-corrected chi connectivity index (χ4v) is 4.31. The van der Waals surface area contributed by atoms with Crippen LogP contribution >= 0.6 is 0 Å². The van der Waals surface area contributed by atoms with E-state index in [1.807, 2.05) is 6.92 Å². The molecular weight excluding hydrogens is 500 g/mol. The van der Waals surface area contributed by atoms with Crippen LogP contribution in [0.4, 0.5) is 5.82 Å². The van der Waals surface area contributed by atoms with Crippen LogP contribution in [-0.4, -0.2) is 42.3 Å². The molecule has 1 atom stereocenters. The molecule has 1 aliphatic rings. The molecule has 1 aliphatic heterocycles. The minimum Gasteiger partial charge on any atom is -0.507 e. The van der Waals surface area contributed by atoms with Gasteiger partial charge in [-0.1, -0.05) is 32.0 Å². The summed E-state index contributed by atoms with van der Waals surface area (Å²) in [5.74, 6) is 0.774. The van der Waals surface area contributed by atoms with Gasteiger partial charge in [-0.3, -0.25) is 14.5 Å². The minimum absolute atomic E-state index is 0.0709. The van der Waals surface area contributed by atoms with Gasteiger partial charge in [0.05, 0.1) is 31.9 Å². The van der Waals surface area contributed by atoms with E-state index in [9.17, 15) is 14.7 Å². The maximum atomic E-state index is 13.4. The molecule has 9 heteroatoms. The van der Waals surface area contributed by atoms with Crippen LogP contribution in [0.1, 0.15) is 56.5 Å².